The number of amides is 1. The molecule has 0 bridgehead atoms. The molecule has 2 fully saturated rings. The van der Waals surface area contributed by atoms with Gasteiger partial charge in [0.05, 0.1) is 6.54 Å². The van der Waals surface area contributed by atoms with Crippen LogP contribution in [0.4, 0.5) is 4.79 Å². The lowest BCUT2D eigenvalue weighted by atomic mass is 10.2. The van der Waals surface area contributed by atoms with Crippen LogP contribution in [0.3, 0.4) is 0 Å². The molecule has 9 nitrogen and oxygen atoms in total. The fourth-order valence-corrected chi connectivity index (χ4v) is 1.81. The van der Waals surface area contributed by atoms with Gasteiger partial charge in [0, 0.05) is 18.6 Å². The van der Waals surface area contributed by atoms with Crippen LogP contribution < -0.4 is 5.32 Å². The third kappa shape index (κ3) is 5.08. The molecule has 2 atom stereocenters. The van der Waals surface area contributed by atoms with Crippen molar-refractivity contribution in [2.45, 2.75) is 25.0 Å². The van der Waals surface area contributed by atoms with E-state index in [-0.39, 0.29) is 25.7 Å². The molecule has 0 aliphatic carbocycles. The molecule has 1 amide bonds. The topological polar surface area (TPSA) is 117 Å². The van der Waals surface area contributed by atoms with Crippen LogP contribution in [0.25, 0.3) is 0 Å². The lowest BCUT2D eigenvalue weighted by Gasteiger charge is -2.08. The summed E-state index contributed by atoms with van der Waals surface area (Å²) in [7, 11) is 0. The minimum atomic E-state index is -0.757. The maximum absolute atomic E-state index is 11.4. The molecule has 120 valence electrons. The molecule has 2 unspecified atom stereocenters. The molecule has 0 aromatic heterocycles. The molecule has 0 saturated carbocycles. The summed E-state index contributed by atoms with van der Waals surface area (Å²) in [6, 6.07) is 0. The number of ether oxygens (including phenoxy) is 4. The normalized spacial score (nSPS) is 23.8. The maximum atomic E-state index is 11.4. The van der Waals surface area contributed by atoms with Gasteiger partial charge in [0.1, 0.15) is 19.3 Å². The number of cyclic esters (lactones) is 2. The lowest BCUT2D eigenvalue weighted by Crippen LogP contribution is -2.22. The Morgan fingerprint density at radius 3 is 2.23 bits per heavy atom. The van der Waals surface area contributed by atoms with Gasteiger partial charge in [0.25, 0.3) is 0 Å². The van der Waals surface area contributed by atoms with Gasteiger partial charge in [-0.25, -0.2) is 14.4 Å². The minimum Gasteiger partial charge on any atom is -0.459 e. The summed E-state index contributed by atoms with van der Waals surface area (Å²) in [6.45, 7) is 0.112. The number of alkyl carbamates (subject to hydrolysis) is 1. The van der Waals surface area contributed by atoms with Gasteiger partial charge < -0.3 is 24.3 Å². The Morgan fingerprint density at radius 1 is 1.09 bits per heavy atom. The van der Waals surface area contributed by atoms with E-state index in [2.05, 4.69) is 5.32 Å². The summed E-state index contributed by atoms with van der Waals surface area (Å²) in [5, 5.41) is 2.41. The third-order valence-electron chi connectivity index (χ3n) is 2.89. The number of hydrogen-bond donors (Lipinski definition) is 1. The predicted octanol–water partition coefficient (Wildman–Crippen LogP) is -0.557. The summed E-state index contributed by atoms with van der Waals surface area (Å²) in [6.07, 6.45) is 1.12. The van der Waals surface area contributed by atoms with E-state index in [1.165, 1.54) is 0 Å². The van der Waals surface area contributed by atoms with Crippen LogP contribution in [-0.2, 0) is 33.3 Å². The first-order chi connectivity index (χ1) is 10.5. The monoisotopic (exact) mass is 313 g/mol. The van der Waals surface area contributed by atoms with Crippen LogP contribution in [0.2, 0.25) is 0 Å². The second-order valence-corrected chi connectivity index (χ2v) is 4.65. The summed E-state index contributed by atoms with van der Waals surface area (Å²) in [5.74, 6) is -1.82. The fraction of sp³-hybridized carbons (Fsp3) is 0.538. The standard InChI is InChI=1S/C13H15NO8/c15-10(19-6-8-1-2-12(17)21-8)3-4-11(16)20-7-9-5-14-13(18)22-9/h3-4,8-9H,1-2,5-7H2,(H,14,18)/b4-3+. The minimum absolute atomic E-state index is 0.0480. The quantitative estimate of drug-likeness (QED) is 0.394. The van der Waals surface area contributed by atoms with E-state index < -0.39 is 30.2 Å². The SMILES string of the molecule is O=C(/C=C/C(=O)OCC1CNC(=O)O1)OCC1CCC(=O)O1. The van der Waals surface area contributed by atoms with Gasteiger partial charge in [-0.3, -0.25) is 4.79 Å². The average Bonchev–Trinajstić information content (AvgIpc) is 3.09. The first-order valence-electron chi connectivity index (χ1n) is 6.68. The summed E-state index contributed by atoms with van der Waals surface area (Å²) in [5.41, 5.74) is 0. The third-order valence-corrected chi connectivity index (χ3v) is 2.89. The Morgan fingerprint density at radius 2 is 1.73 bits per heavy atom. The second-order valence-electron chi connectivity index (χ2n) is 4.65. The van der Waals surface area contributed by atoms with Gasteiger partial charge in [-0.15, -0.1) is 0 Å². The van der Waals surface area contributed by atoms with Gasteiger partial charge in [0.2, 0.25) is 0 Å². The Bertz CT molecular complexity index is 456. The summed E-state index contributed by atoms with van der Waals surface area (Å²) < 4.78 is 19.2. The zero-order valence-corrected chi connectivity index (χ0v) is 11.6. The number of carbonyl (C=O) groups excluding carboxylic acids is 4. The number of esters is 3. The molecular weight excluding hydrogens is 298 g/mol. The van der Waals surface area contributed by atoms with Crippen molar-refractivity contribution in [3.63, 3.8) is 0 Å². The van der Waals surface area contributed by atoms with Crippen molar-refractivity contribution in [3.8, 4) is 0 Å². The highest BCUT2D eigenvalue weighted by Crippen LogP contribution is 2.13. The largest absolute Gasteiger partial charge is 0.459 e. The molecule has 0 aromatic carbocycles. The van der Waals surface area contributed by atoms with Crippen LogP contribution in [-0.4, -0.2) is 56.0 Å². The van der Waals surface area contributed by atoms with Crippen LogP contribution in [0, 0.1) is 0 Å². The van der Waals surface area contributed by atoms with E-state index in [9.17, 15) is 19.2 Å². The van der Waals surface area contributed by atoms with E-state index in [1.807, 2.05) is 0 Å². The highest BCUT2D eigenvalue weighted by atomic mass is 16.6. The van der Waals surface area contributed by atoms with Crippen LogP contribution in [0.1, 0.15) is 12.8 Å². The zero-order valence-electron chi connectivity index (χ0n) is 11.6. The first-order valence-corrected chi connectivity index (χ1v) is 6.68. The molecule has 2 rings (SSSR count). The highest BCUT2D eigenvalue weighted by Gasteiger charge is 2.24. The van der Waals surface area contributed by atoms with Crippen LogP contribution in [0.5, 0.6) is 0 Å². The lowest BCUT2D eigenvalue weighted by molar-refractivity contribution is -0.149. The average molecular weight is 313 g/mol. The van der Waals surface area contributed by atoms with E-state index in [4.69, 9.17) is 18.9 Å². The Hall–Kier alpha value is -2.58. The Kier molecular flexibility index (Phi) is 5.34. The van der Waals surface area contributed by atoms with Crippen LogP contribution in [0.15, 0.2) is 12.2 Å². The van der Waals surface area contributed by atoms with E-state index in [0.29, 0.717) is 12.8 Å². The summed E-state index contributed by atoms with van der Waals surface area (Å²) in [4.78, 5) is 44.3. The van der Waals surface area contributed by atoms with Crippen molar-refractivity contribution in [2.75, 3.05) is 19.8 Å². The number of carbonyl (C=O) groups is 4. The Balaban J connectivity index is 1.60. The molecular formula is C13H15NO8. The summed E-state index contributed by atoms with van der Waals surface area (Å²) >= 11 is 0. The molecule has 0 radical (unpaired) electrons. The molecule has 0 aromatic rings. The van der Waals surface area contributed by atoms with Crippen molar-refractivity contribution >= 4 is 24.0 Å². The van der Waals surface area contributed by atoms with Crippen molar-refractivity contribution in [1.29, 1.82) is 0 Å². The maximum Gasteiger partial charge on any atom is 0.407 e. The number of rotatable bonds is 6. The number of hydrogen-bond acceptors (Lipinski definition) is 8. The smallest absolute Gasteiger partial charge is 0.407 e. The van der Waals surface area contributed by atoms with Gasteiger partial charge in [0.15, 0.2) is 6.10 Å². The first kappa shape index (κ1) is 15.8. The van der Waals surface area contributed by atoms with Crippen molar-refractivity contribution in [3.05, 3.63) is 12.2 Å². The van der Waals surface area contributed by atoms with Crippen molar-refractivity contribution in [2.24, 2.45) is 0 Å². The molecule has 2 aliphatic rings. The van der Waals surface area contributed by atoms with Gasteiger partial charge in [-0.1, -0.05) is 0 Å². The van der Waals surface area contributed by atoms with E-state index in [0.717, 1.165) is 12.2 Å². The molecule has 2 aliphatic heterocycles. The molecule has 1 N–H and O–H groups in total. The molecule has 22 heavy (non-hydrogen) atoms. The molecule has 9 heteroatoms. The Labute approximate surface area is 125 Å². The fourth-order valence-electron chi connectivity index (χ4n) is 1.81. The van der Waals surface area contributed by atoms with Gasteiger partial charge >= 0.3 is 24.0 Å². The van der Waals surface area contributed by atoms with Crippen molar-refractivity contribution in [1.82, 2.24) is 5.32 Å². The highest BCUT2D eigenvalue weighted by molar-refractivity contribution is 5.91. The molecule has 0 spiro atoms. The van der Waals surface area contributed by atoms with Gasteiger partial charge in [-0.05, 0) is 6.42 Å². The van der Waals surface area contributed by atoms with Gasteiger partial charge in [-0.2, -0.15) is 0 Å². The van der Waals surface area contributed by atoms with Crippen molar-refractivity contribution < 1.29 is 38.1 Å². The zero-order chi connectivity index (χ0) is 15.9. The van der Waals surface area contributed by atoms with E-state index >= 15 is 0 Å². The number of nitrogens with one attached hydrogen (secondary N) is 1. The molecule has 2 heterocycles. The van der Waals surface area contributed by atoms with E-state index in [1.54, 1.807) is 0 Å². The predicted molar refractivity (Wildman–Crippen MR) is 68.4 cm³/mol. The second kappa shape index (κ2) is 7.43. The van der Waals surface area contributed by atoms with Crippen LogP contribution >= 0.6 is 0 Å². The molecule has 2 saturated heterocycles.